The number of ether oxygens (including phenoxy) is 2. The van der Waals surface area contributed by atoms with Crippen LogP contribution in [0.4, 0.5) is 0 Å². The number of hydrogen-bond acceptors (Lipinski definition) is 3. The zero-order valence-electron chi connectivity index (χ0n) is 14.5. The Morgan fingerprint density at radius 2 is 1.28 bits per heavy atom. The van der Waals surface area contributed by atoms with E-state index >= 15 is 0 Å². The number of aromatic hydroxyl groups is 1. The Morgan fingerprint density at radius 1 is 0.760 bits per heavy atom. The van der Waals surface area contributed by atoms with Gasteiger partial charge < -0.3 is 14.6 Å². The highest BCUT2D eigenvalue weighted by molar-refractivity contribution is 5.49. The summed E-state index contributed by atoms with van der Waals surface area (Å²) in [5, 5.41) is 9.70. The molecule has 3 rings (SSSR count). The van der Waals surface area contributed by atoms with Gasteiger partial charge in [-0.3, -0.25) is 0 Å². The third kappa shape index (κ3) is 3.24. The minimum atomic E-state index is -0.754. The van der Waals surface area contributed by atoms with Crippen LogP contribution in [0.1, 0.15) is 23.6 Å². The van der Waals surface area contributed by atoms with Gasteiger partial charge in [-0.25, -0.2) is 0 Å². The molecule has 1 N–H and O–H groups in total. The van der Waals surface area contributed by atoms with E-state index in [0.29, 0.717) is 6.61 Å². The Kier molecular flexibility index (Phi) is 5.05. The lowest BCUT2D eigenvalue weighted by atomic mass is 9.80. The van der Waals surface area contributed by atoms with E-state index < -0.39 is 5.60 Å². The van der Waals surface area contributed by atoms with Gasteiger partial charge in [0.1, 0.15) is 17.1 Å². The van der Waals surface area contributed by atoms with Gasteiger partial charge >= 0.3 is 0 Å². The van der Waals surface area contributed by atoms with Crippen LogP contribution in [0, 0.1) is 0 Å². The van der Waals surface area contributed by atoms with Crippen molar-refractivity contribution in [1.29, 1.82) is 0 Å². The first-order valence-corrected chi connectivity index (χ1v) is 8.34. The van der Waals surface area contributed by atoms with Crippen molar-refractivity contribution in [3.63, 3.8) is 0 Å². The van der Waals surface area contributed by atoms with Crippen molar-refractivity contribution in [3.8, 4) is 11.5 Å². The van der Waals surface area contributed by atoms with Crippen LogP contribution in [0.15, 0.2) is 78.9 Å². The molecule has 0 heterocycles. The van der Waals surface area contributed by atoms with Crippen molar-refractivity contribution >= 4 is 0 Å². The number of benzene rings is 3. The fraction of sp³-hybridized carbons (Fsp3) is 0.182. The molecule has 3 aromatic carbocycles. The van der Waals surface area contributed by atoms with Gasteiger partial charge in [0.05, 0.1) is 7.11 Å². The molecule has 1 atom stereocenters. The molecule has 0 aliphatic heterocycles. The normalized spacial score (nSPS) is 13.2. The van der Waals surface area contributed by atoms with Crippen LogP contribution < -0.4 is 4.74 Å². The molecule has 0 aromatic heterocycles. The van der Waals surface area contributed by atoms with Crippen LogP contribution in [0.5, 0.6) is 11.5 Å². The number of methoxy groups -OCH3 is 1. The lowest BCUT2D eigenvalue weighted by Gasteiger charge is -2.35. The average molecular weight is 334 g/mol. The molecule has 1 unspecified atom stereocenters. The van der Waals surface area contributed by atoms with Crippen LogP contribution >= 0.6 is 0 Å². The van der Waals surface area contributed by atoms with Crippen molar-refractivity contribution in [1.82, 2.24) is 0 Å². The molecule has 0 saturated heterocycles. The van der Waals surface area contributed by atoms with Gasteiger partial charge in [-0.05, 0) is 47.9 Å². The first-order chi connectivity index (χ1) is 12.2. The standard InChI is InChI=1S/C22H22O3/c1-3-25-22(17-7-5-4-6-8-17,18-9-13-20(23)14-10-18)19-11-15-21(24-2)16-12-19/h4-16,23H,3H2,1-2H3. The predicted octanol–water partition coefficient (Wildman–Crippen LogP) is 4.73. The smallest absolute Gasteiger partial charge is 0.143 e. The van der Waals surface area contributed by atoms with Gasteiger partial charge in [-0.2, -0.15) is 0 Å². The monoisotopic (exact) mass is 334 g/mol. The summed E-state index contributed by atoms with van der Waals surface area (Å²) in [5.41, 5.74) is 2.25. The van der Waals surface area contributed by atoms with E-state index in [4.69, 9.17) is 9.47 Å². The Hall–Kier alpha value is -2.78. The topological polar surface area (TPSA) is 38.7 Å². The van der Waals surface area contributed by atoms with Crippen molar-refractivity contribution < 1.29 is 14.6 Å². The Bertz CT molecular complexity index is 795. The summed E-state index contributed by atoms with van der Waals surface area (Å²) in [6.07, 6.45) is 0. The fourth-order valence-corrected chi connectivity index (χ4v) is 3.16. The predicted molar refractivity (Wildman–Crippen MR) is 99.1 cm³/mol. The number of phenolic OH excluding ortho intramolecular Hbond substituents is 1. The van der Waals surface area contributed by atoms with Gasteiger partial charge in [-0.1, -0.05) is 54.6 Å². The molecule has 0 spiro atoms. The first kappa shape index (κ1) is 17.1. The molecule has 0 saturated carbocycles. The van der Waals surface area contributed by atoms with E-state index in [2.05, 4.69) is 12.1 Å². The highest BCUT2D eigenvalue weighted by Gasteiger charge is 2.37. The van der Waals surface area contributed by atoms with E-state index in [1.165, 1.54) is 0 Å². The molecule has 0 aliphatic carbocycles. The van der Waals surface area contributed by atoms with Crippen LogP contribution in [-0.4, -0.2) is 18.8 Å². The lowest BCUT2D eigenvalue weighted by Crippen LogP contribution is -2.32. The quantitative estimate of drug-likeness (QED) is 0.662. The third-order valence-corrected chi connectivity index (χ3v) is 4.31. The Balaban J connectivity index is 2.25. The van der Waals surface area contributed by atoms with Crippen molar-refractivity contribution in [2.45, 2.75) is 12.5 Å². The van der Waals surface area contributed by atoms with Crippen LogP contribution in [0.2, 0.25) is 0 Å². The van der Waals surface area contributed by atoms with Crippen LogP contribution in [0.3, 0.4) is 0 Å². The van der Waals surface area contributed by atoms with Crippen LogP contribution in [0.25, 0.3) is 0 Å². The molecule has 3 aromatic rings. The molecule has 0 aliphatic rings. The maximum atomic E-state index is 9.70. The molecule has 3 nitrogen and oxygen atoms in total. The Morgan fingerprint density at radius 3 is 1.80 bits per heavy atom. The molecule has 128 valence electrons. The summed E-state index contributed by atoms with van der Waals surface area (Å²) < 4.78 is 11.7. The largest absolute Gasteiger partial charge is 0.508 e. The zero-order valence-corrected chi connectivity index (χ0v) is 14.5. The second-order valence-corrected chi connectivity index (χ2v) is 5.76. The van der Waals surface area contributed by atoms with Gasteiger partial charge in [0.25, 0.3) is 0 Å². The molecule has 0 fully saturated rings. The highest BCUT2D eigenvalue weighted by Crippen LogP contribution is 2.41. The minimum Gasteiger partial charge on any atom is -0.508 e. The summed E-state index contributed by atoms with van der Waals surface area (Å²) in [6.45, 7) is 2.53. The second kappa shape index (κ2) is 7.41. The van der Waals surface area contributed by atoms with Crippen molar-refractivity contribution in [2.24, 2.45) is 0 Å². The first-order valence-electron chi connectivity index (χ1n) is 8.34. The molecule has 0 amide bonds. The van der Waals surface area contributed by atoms with E-state index in [0.717, 1.165) is 22.4 Å². The third-order valence-electron chi connectivity index (χ3n) is 4.31. The summed E-state index contributed by atoms with van der Waals surface area (Å²) >= 11 is 0. The molecule has 3 heteroatoms. The SMILES string of the molecule is CCOC(c1ccccc1)(c1ccc(O)cc1)c1ccc(OC)cc1. The maximum Gasteiger partial charge on any atom is 0.143 e. The summed E-state index contributed by atoms with van der Waals surface area (Å²) in [5.74, 6) is 1.03. The highest BCUT2D eigenvalue weighted by atomic mass is 16.5. The summed E-state index contributed by atoms with van der Waals surface area (Å²) in [7, 11) is 1.65. The fourth-order valence-electron chi connectivity index (χ4n) is 3.16. The van der Waals surface area contributed by atoms with Gasteiger partial charge in [0.2, 0.25) is 0 Å². The van der Waals surface area contributed by atoms with Gasteiger partial charge in [0, 0.05) is 6.61 Å². The van der Waals surface area contributed by atoms with Gasteiger partial charge in [-0.15, -0.1) is 0 Å². The molecule has 25 heavy (non-hydrogen) atoms. The van der Waals surface area contributed by atoms with E-state index in [1.807, 2.05) is 61.5 Å². The number of phenols is 1. The maximum absolute atomic E-state index is 9.70. The van der Waals surface area contributed by atoms with E-state index in [9.17, 15) is 5.11 Å². The minimum absolute atomic E-state index is 0.233. The molecule has 0 radical (unpaired) electrons. The zero-order chi connectivity index (χ0) is 17.7. The summed E-state index contributed by atoms with van der Waals surface area (Å²) in [4.78, 5) is 0. The van der Waals surface area contributed by atoms with E-state index in [1.54, 1.807) is 19.2 Å². The molecular formula is C22H22O3. The Labute approximate surface area is 148 Å². The van der Waals surface area contributed by atoms with Gasteiger partial charge in [0.15, 0.2) is 0 Å². The lowest BCUT2D eigenvalue weighted by molar-refractivity contribution is 0.0215. The van der Waals surface area contributed by atoms with Crippen molar-refractivity contribution in [2.75, 3.05) is 13.7 Å². The number of rotatable bonds is 6. The van der Waals surface area contributed by atoms with Crippen molar-refractivity contribution in [3.05, 3.63) is 95.6 Å². The summed E-state index contributed by atoms with van der Waals surface area (Å²) in [6, 6.07) is 25.2. The molecule has 0 bridgehead atoms. The average Bonchev–Trinajstić information content (AvgIpc) is 2.68. The molecular weight excluding hydrogens is 312 g/mol. The second-order valence-electron chi connectivity index (χ2n) is 5.76. The number of hydrogen-bond donors (Lipinski definition) is 1. The van der Waals surface area contributed by atoms with Crippen LogP contribution in [-0.2, 0) is 10.3 Å². The van der Waals surface area contributed by atoms with E-state index in [-0.39, 0.29) is 5.75 Å².